The maximum Gasteiger partial charge on any atom is 0.0576 e. The van der Waals surface area contributed by atoms with Crippen LogP contribution in [0.4, 0.5) is 0 Å². The quantitative estimate of drug-likeness (QED) is 0.755. The Kier molecular flexibility index (Phi) is 6.46. The summed E-state index contributed by atoms with van der Waals surface area (Å²) in [5.41, 5.74) is 0. The van der Waals surface area contributed by atoms with Crippen molar-refractivity contribution in [3.05, 3.63) is 0 Å². The van der Waals surface area contributed by atoms with Crippen molar-refractivity contribution in [2.45, 2.75) is 63.5 Å². The molecule has 0 spiro atoms. The molecule has 2 saturated heterocycles. The fraction of sp³-hybridized carbons (Fsp3) is 1.00. The average molecular weight is 254 g/mol. The van der Waals surface area contributed by atoms with E-state index in [2.05, 4.69) is 17.3 Å². The van der Waals surface area contributed by atoms with Gasteiger partial charge < -0.3 is 15.0 Å². The zero-order chi connectivity index (χ0) is 12.6. The molecule has 1 N–H and O–H groups in total. The summed E-state index contributed by atoms with van der Waals surface area (Å²) < 4.78 is 5.66. The van der Waals surface area contributed by atoms with Gasteiger partial charge in [0.2, 0.25) is 0 Å². The minimum atomic E-state index is 0.568. The Bertz CT molecular complexity index is 211. The highest BCUT2D eigenvalue weighted by atomic mass is 16.5. The molecule has 0 aliphatic carbocycles. The molecule has 0 bridgehead atoms. The van der Waals surface area contributed by atoms with Crippen LogP contribution in [0, 0.1) is 0 Å². The second-order valence-corrected chi connectivity index (χ2v) is 6.02. The SMILES string of the molecule is CN(CCCC1CCCO1)CCC1CCCCN1. The van der Waals surface area contributed by atoms with Crippen LogP contribution in [0.25, 0.3) is 0 Å². The fourth-order valence-electron chi connectivity index (χ4n) is 3.12. The molecule has 0 saturated carbocycles. The second-order valence-electron chi connectivity index (χ2n) is 6.02. The summed E-state index contributed by atoms with van der Waals surface area (Å²) in [7, 11) is 2.26. The Morgan fingerprint density at radius 3 is 2.78 bits per heavy atom. The van der Waals surface area contributed by atoms with E-state index in [1.54, 1.807) is 0 Å². The van der Waals surface area contributed by atoms with E-state index < -0.39 is 0 Å². The third-order valence-electron chi connectivity index (χ3n) is 4.36. The van der Waals surface area contributed by atoms with E-state index in [-0.39, 0.29) is 0 Å². The number of hydrogen-bond acceptors (Lipinski definition) is 3. The third kappa shape index (κ3) is 5.25. The average Bonchev–Trinajstić information content (AvgIpc) is 2.91. The number of nitrogens with zero attached hydrogens (tertiary/aromatic N) is 1. The van der Waals surface area contributed by atoms with Crippen LogP contribution in [-0.4, -0.2) is 50.3 Å². The Balaban J connectivity index is 1.47. The van der Waals surface area contributed by atoms with Crippen molar-refractivity contribution >= 4 is 0 Å². The van der Waals surface area contributed by atoms with E-state index in [1.165, 1.54) is 71.0 Å². The summed E-state index contributed by atoms with van der Waals surface area (Å²) in [5, 5.41) is 3.63. The first-order valence-corrected chi connectivity index (χ1v) is 7.88. The lowest BCUT2D eigenvalue weighted by molar-refractivity contribution is 0.0995. The van der Waals surface area contributed by atoms with Crippen LogP contribution in [0.15, 0.2) is 0 Å². The predicted octanol–water partition coefficient (Wildman–Crippen LogP) is 2.41. The molecule has 2 rings (SSSR count). The first-order valence-electron chi connectivity index (χ1n) is 7.88. The summed E-state index contributed by atoms with van der Waals surface area (Å²) in [5.74, 6) is 0. The molecular weight excluding hydrogens is 224 g/mol. The molecule has 0 radical (unpaired) electrons. The largest absolute Gasteiger partial charge is 0.378 e. The summed E-state index contributed by atoms with van der Waals surface area (Å²) in [6, 6.07) is 0.777. The van der Waals surface area contributed by atoms with Crippen molar-refractivity contribution in [3.8, 4) is 0 Å². The van der Waals surface area contributed by atoms with E-state index >= 15 is 0 Å². The van der Waals surface area contributed by atoms with Gasteiger partial charge in [0, 0.05) is 12.6 Å². The van der Waals surface area contributed by atoms with Crippen molar-refractivity contribution in [2.75, 3.05) is 33.3 Å². The van der Waals surface area contributed by atoms with Gasteiger partial charge in [-0.05, 0) is 71.6 Å². The summed E-state index contributed by atoms with van der Waals surface area (Å²) in [6.07, 6.45) is 11.2. The predicted molar refractivity (Wildman–Crippen MR) is 76.0 cm³/mol. The van der Waals surface area contributed by atoms with Crippen LogP contribution in [0.3, 0.4) is 0 Å². The molecule has 3 nitrogen and oxygen atoms in total. The summed E-state index contributed by atoms with van der Waals surface area (Å²) in [6.45, 7) is 4.69. The summed E-state index contributed by atoms with van der Waals surface area (Å²) >= 11 is 0. The fourth-order valence-corrected chi connectivity index (χ4v) is 3.12. The van der Waals surface area contributed by atoms with E-state index in [9.17, 15) is 0 Å². The Labute approximate surface area is 112 Å². The van der Waals surface area contributed by atoms with E-state index in [0.717, 1.165) is 12.6 Å². The molecule has 2 aliphatic rings. The first-order chi connectivity index (χ1) is 8.84. The number of nitrogens with one attached hydrogen (secondary N) is 1. The standard InChI is InChI=1S/C15H30N2O/c1-17(11-4-7-15-8-5-13-18-15)12-9-14-6-2-3-10-16-14/h14-16H,2-13H2,1H3. The molecule has 2 aliphatic heterocycles. The lowest BCUT2D eigenvalue weighted by atomic mass is 10.0. The minimum Gasteiger partial charge on any atom is -0.378 e. The number of ether oxygens (including phenoxy) is 1. The zero-order valence-corrected chi connectivity index (χ0v) is 12.0. The van der Waals surface area contributed by atoms with Gasteiger partial charge in [-0.2, -0.15) is 0 Å². The van der Waals surface area contributed by atoms with Crippen molar-refractivity contribution in [1.29, 1.82) is 0 Å². The first kappa shape index (κ1) is 14.3. The molecule has 2 unspecified atom stereocenters. The van der Waals surface area contributed by atoms with E-state index in [1.807, 2.05) is 0 Å². The van der Waals surface area contributed by atoms with Crippen LogP contribution in [0.1, 0.15) is 51.4 Å². The van der Waals surface area contributed by atoms with Crippen LogP contribution in [0.5, 0.6) is 0 Å². The zero-order valence-electron chi connectivity index (χ0n) is 12.0. The lowest BCUT2D eigenvalue weighted by Gasteiger charge is -2.26. The molecule has 0 aromatic heterocycles. The van der Waals surface area contributed by atoms with Gasteiger partial charge in [0.05, 0.1) is 6.10 Å². The van der Waals surface area contributed by atoms with Crippen molar-refractivity contribution < 1.29 is 4.74 Å². The minimum absolute atomic E-state index is 0.568. The second kappa shape index (κ2) is 8.13. The van der Waals surface area contributed by atoms with Gasteiger partial charge in [0.1, 0.15) is 0 Å². The molecule has 2 heterocycles. The van der Waals surface area contributed by atoms with Crippen molar-refractivity contribution in [1.82, 2.24) is 10.2 Å². The molecule has 0 amide bonds. The van der Waals surface area contributed by atoms with Gasteiger partial charge in [-0.3, -0.25) is 0 Å². The topological polar surface area (TPSA) is 24.5 Å². The van der Waals surface area contributed by atoms with Gasteiger partial charge in [-0.1, -0.05) is 6.42 Å². The van der Waals surface area contributed by atoms with Gasteiger partial charge in [0.25, 0.3) is 0 Å². The van der Waals surface area contributed by atoms with Crippen LogP contribution < -0.4 is 5.32 Å². The van der Waals surface area contributed by atoms with Gasteiger partial charge in [0.15, 0.2) is 0 Å². The Morgan fingerprint density at radius 1 is 1.11 bits per heavy atom. The number of hydrogen-bond donors (Lipinski definition) is 1. The highest BCUT2D eigenvalue weighted by Gasteiger charge is 2.15. The molecule has 106 valence electrons. The third-order valence-corrected chi connectivity index (χ3v) is 4.36. The molecule has 3 heteroatoms. The normalized spacial score (nSPS) is 29.0. The molecule has 2 fully saturated rings. The number of piperidine rings is 1. The molecule has 0 aromatic rings. The maximum atomic E-state index is 5.66. The molecule has 0 aromatic carbocycles. The highest BCUT2D eigenvalue weighted by Crippen LogP contribution is 2.17. The maximum absolute atomic E-state index is 5.66. The van der Waals surface area contributed by atoms with Crippen molar-refractivity contribution in [2.24, 2.45) is 0 Å². The number of rotatable bonds is 7. The molecular formula is C15H30N2O. The van der Waals surface area contributed by atoms with Crippen molar-refractivity contribution in [3.63, 3.8) is 0 Å². The highest BCUT2D eigenvalue weighted by molar-refractivity contribution is 4.73. The Hall–Kier alpha value is -0.120. The smallest absolute Gasteiger partial charge is 0.0576 e. The lowest BCUT2D eigenvalue weighted by Crippen LogP contribution is -2.37. The van der Waals surface area contributed by atoms with E-state index in [4.69, 9.17) is 4.74 Å². The molecule has 2 atom stereocenters. The van der Waals surface area contributed by atoms with Gasteiger partial charge in [-0.25, -0.2) is 0 Å². The van der Waals surface area contributed by atoms with Crippen LogP contribution in [-0.2, 0) is 4.74 Å². The summed E-state index contributed by atoms with van der Waals surface area (Å²) in [4.78, 5) is 2.49. The van der Waals surface area contributed by atoms with E-state index in [0.29, 0.717) is 6.10 Å². The van der Waals surface area contributed by atoms with Crippen LogP contribution in [0.2, 0.25) is 0 Å². The monoisotopic (exact) mass is 254 g/mol. The van der Waals surface area contributed by atoms with Gasteiger partial charge >= 0.3 is 0 Å². The molecule has 18 heavy (non-hydrogen) atoms. The Morgan fingerprint density at radius 2 is 2.06 bits per heavy atom. The van der Waals surface area contributed by atoms with Gasteiger partial charge in [-0.15, -0.1) is 0 Å². The van der Waals surface area contributed by atoms with Crippen LogP contribution >= 0.6 is 0 Å².